The van der Waals surface area contributed by atoms with E-state index in [9.17, 15) is 4.79 Å². The highest BCUT2D eigenvalue weighted by molar-refractivity contribution is 6.20. The van der Waals surface area contributed by atoms with Gasteiger partial charge in [-0.05, 0) is 25.3 Å². The zero-order valence-corrected chi connectivity index (χ0v) is 21.4. The lowest BCUT2D eigenvalue weighted by Crippen LogP contribution is -2.41. The van der Waals surface area contributed by atoms with Gasteiger partial charge in [-0.25, -0.2) is 4.99 Å². The van der Waals surface area contributed by atoms with E-state index >= 15 is 0 Å². The molecule has 4 N–H and O–H groups in total. The average molecular weight is 527 g/mol. The van der Waals surface area contributed by atoms with Crippen molar-refractivity contribution in [2.45, 2.75) is 31.5 Å². The van der Waals surface area contributed by atoms with Crippen molar-refractivity contribution in [2.75, 3.05) is 36.9 Å². The molecule has 6 rings (SSSR count). The minimum atomic E-state index is -1.01. The van der Waals surface area contributed by atoms with E-state index < -0.39 is 6.17 Å². The Morgan fingerprint density at radius 3 is 2.59 bits per heavy atom. The van der Waals surface area contributed by atoms with Crippen LogP contribution in [0.5, 0.6) is 0 Å². The number of benzodiazepines with no additional fused rings is 1. The maximum Gasteiger partial charge on any atom is 0.317 e. The molecule has 0 bridgehead atoms. The van der Waals surface area contributed by atoms with Crippen LogP contribution in [0, 0.1) is 5.41 Å². The summed E-state index contributed by atoms with van der Waals surface area (Å²) < 4.78 is 11.4. The third-order valence-corrected chi connectivity index (χ3v) is 7.06. The highest BCUT2D eigenvalue weighted by Gasteiger charge is 2.28. The molecule has 0 unspecified atom stereocenters. The standard InChI is InChI=1S/C28H30N8O3/c29-24(36-13-15-38-16-14-36)21(17-30-19-9-6-10-19)27-34-35-28(39-27)33-25-26(37)31-22-12-5-4-11-20(22)23(32-25)18-7-2-1-3-8-18/h1-5,7-8,11-12,17,19,25,29-30H,6,9-10,13-16H2,(H,31,37)(H,33,35)/b21-17+,29-24?/t25-/m1/s1. The normalized spacial score (nSPS) is 19.7. The molecule has 1 aliphatic carbocycles. The van der Waals surface area contributed by atoms with Crippen LogP contribution in [0.15, 0.2) is 70.2 Å². The summed E-state index contributed by atoms with van der Waals surface area (Å²) in [4.78, 5) is 19.9. The van der Waals surface area contributed by atoms with Crippen LogP contribution in [0.3, 0.4) is 0 Å². The number of amidine groups is 1. The number of fused-ring (bicyclic) bond motifs is 1. The first-order valence-electron chi connectivity index (χ1n) is 13.2. The van der Waals surface area contributed by atoms with E-state index in [1.807, 2.05) is 59.5 Å². The fourth-order valence-electron chi connectivity index (χ4n) is 4.65. The summed E-state index contributed by atoms with van der Waals surface area (Å²) in [5.74, 6) is 0.120. The Labute approximate surface area is 225 Å². The molecule has 11 heteroatoms. The van der Waals surface area contributed by atoms with Crippen LogP contribution in [-0.2, 0) is 9.53 Å². The molecule has 2 aliphatic heterocycles. The second-order valence-electron chi connectivity index (χ2n) is 9.64. The molecule has 2 fully saturated rings. The number of carbonyl (C=O) groups is 1. The van der Waals surface area contributed by atoms with E-state index in [1.54, 1.807) is 6.20 Å². The van der Waals surface area contributed by atoms with E-state index in [0.29, 0.717) is 49.3 Å². The lowest BCUT2D eigenvalue weighted by Gasteiger charge is -2.30. The number of benzene rings is 2. The van der Waals surface area contributed by atoms with Gasteiger partial charge in [0.1, 0.15) is 5.84 Å². The maximum atomic E-state index is 13.2. The van der Waals surface area contributed by atoms with Crippen LogP contribution < -0.4 is 16.0 Å². The van der Waals surface area contributed by atoms with Crippen molar-refractivity contribution < 1.29 is 13.9 Å². The van der Waals surface area contributed by atoms with E-state index in [0.717, 1.165) is 24.0 Å². The van der Waals surface area contributed by atoms with Gasteiger partial charge in [0.05, 0.1) is 30.2 Å². The van der Waals surface area contributed by atoms with Gasteiger partial charge in [0, 0.05) is 36.5 Å². The van der Waals surface area contributed by atoms with Crippen molar-refractivity contribution in [3.63, 3.8) is 0 Å². The summed E-state index contributed by atoms with van der Waals surface area (Å²) in [5, 5.41) is 26.5. The van der Waals surface area contributed by atoms with Gasteiger partial charge in [0.15, 0.2) is 0 Å². The molecule has 39 heavy (non-hydrogen) atoms. The van der Waals surface area contributed by atoms with Crippen LogP contribution in [0.4, 0.5) is 11.7 Å². The third kappa shape index (κ3) is 5.39. The molecular weight excluding hydrogens is 496 g/mol. The first kappa shape index (κ1) is 24.8. The number of para-hydroxylation sites is 1. The zero-order chi connectivity index (χ0) is 26.6. The number of hydrogen-bond donors (Lipinski definition) is 4. The Bertz CT molecular complexity index is 1410. The summed E-state index contributed by atoms with van der Waals surface area (Å²) in [6.45, 7) is 2.34. The minimum Gasteiger partial charge on any atom is -0.403 e. The predicted molar refractivity (Wildman–Crippen MR) is 148 cm³/mol. The van der Waals surface area contributed by atoms with Gasteiger partial charge in [-0.3, -0.25) is 10.2 Å². The third-order valence-electron chi connectivity index (χ3n) is 7.06. The average Bonchev–Trinajstić information content (AvgIpc) is 3.36. The first-order valence-corrected chi connectivity index (χ1v) is 13.2. The fourth-order valence-corrected chi connectivity index (χ4v) is 4.65. The van der Waals surface area contributed by atoms with E-state index in [2.05, 4.69) is 26.1 Å². The van der Waals surface area contributed by atoms with Gasteiger partial charge in [-0.2, -0.15) is 0 Å². The number of amides is 1. The van der Waals surface area contributed by atoms with Crippen molar-refractivity contribution in [3.8, 4) is 0 Å². The summed E-state index contributed by atoms with van der Waals surface area (Å²) in [5.41, 5.74) is 3.54. The second-order valence-corrected chi connectivity index (χ2v) is 9.64. The van der Waals surface area contributed by atoms with E-state index in [1.165, 1.54) is 6.42 Å². The summed E-state index contributed by atoms with van der Waals surface area (Å²) in [7, 11) is 0. The topological polar surface area (TPSA) is 141 Å². The molecule has 3 heterocycles. The number of nitrogens with zero attached hydrogens (tertiary/aromatic N) is 4. The van der Waals surface area contributed by atoms with E-state index in [-0.39, 0.29) is 23.6 Å². The molecule has 0 spiro atoms. The van der Waals surface area contributed by atoms with Crippen LogP contribution >= 0.6 is 0 Å². The summed E-state index contributed by atoms with van der Waals surface area (Å²) in [6.07, 6.45) is 4.15. The number of aliphatic imine (C=N–C) groups is 1. The highest BCUT2D eigenvalue weighted by atomic mass is 16.5. The van der Waals surface area contributed by atoms with Crippen molar-refractivity contribution in [1.29, 1.82) is 5.41 Å². The number of hydrogen-bond acceptors (Lipinski definition) is 9. The number of carbonyl (C=O) groups excluding carboxylic acids is 1. The van der Waals surface area contributed by atoms with E-state index in [4.69, 9.17) is 19.6 Å². The van der Waals surface area contributed by atoms with Gasteiger partial charge in [-0.15, -0.1) is 5.10 Å². The minimum absolute atomic E-state index is 0.0385. The maximum absolute atomic E-state index is 13.2. The fraction of sp³-hybridized carbons (Fsp3) is 0.321. The van der Waals surface area contributed by atoms with Crippen molar-refractivity contribution in [3.05, 3.63) is 77.8 Å². The Balaban J connectivity index is 1.28. The quantitative estimate of drug-likeness (QED) is 0.272. The van der Waals surface area contributed by atoms with Crippen molar-refractivity contribution in [2.24, 2.45) is 4.99 Å². The van der Waals surface area contributed by atoms with Gasteiger partial charge in [-0.1, -0.05) is 53.6 Å². The summed E-state index contributed by atoms with van der Waals surface area (Å²) >= 11 is 0. The number of rotatable bonds is 7. The Hall–Kier alpha value is -4.51. The van der Waals surface area contributed by atoms with Crippen LogP contribution in [0.2, 0.25) is 0 Å². The number of morpholine rings is 1. The SMILES string of the molecule is N=C(/C(=C\NC1CCC1)c1nnc(N[C@H]2N=C(c3ccccc3)c3ccccc3NC2=O)o1)N1CCOCC1. The van der Waals surface area contributed by atoms with Crippen LogP contribution in [-0.4, -0.2) is 71.1 Å². The molecule has 3 aliphatic rings. The smallest absolute Gasteiger partial charge is 0.317 e. The molecule has 1 aromatic heterocycles. The van der Waals surface area contributed by atoms with Gasteiger partial charge < -0.3 is 30.0 Å². The second kappa shape index (κ2) is 11.1. The molecule has 1 amide bonds. The monoisotopic (exact) mass is 526 g/mol. The van der Waals surface area contributed by atoms with Crippen molar-refractivity contribution >= 4 is 34.7 Å². The molecule has 11 nitrogen and oxygen atoms in total. The van der Waals surface area contributed by atoms with Gasteiger partial charge >= 0.3 is 6.01 Å². The lowest BCUT2D eigenvalue weighted by atomic mass is 9.93. The molecule has 1 atom stereocenters. The lowest BCUT2D eigenvalue weighted by molar-refractivity contribution is -0.116. The number of ether oxygens (including phenoxy) is 1. The van der Waals surface area contributed by atoms with Gasteiger partial charge in [0.2, 0.25) is 6.17 Å². The predicted octanol–water partition coefficient (Wildman–Crippen LogP) is 3.09. The number of nitrogens with one attached hydrogen (secondary N) is 4. The zero-order valence-electron chi connectivity index (χ0n) is 21.4. The van der Waals surface area contributed by atoms with Crippen LogP contribution in [0.25, 0.3) is 5.57 Å². The Morgan fingerprint density at radius 2 is 1.82 bits per heavy atom. The van der Waals surface area contributed by atoms with Crippen LogP contribution in [0.1, 0.15) is 36.3 Å². The molecule has 200 valence electrons. The number of aromatic nitrogens is 2. The Kier molecular flexibility index (Phi) is 7.05. The molecule has 3 aromatic rings. The summed E-state index contributed by atoms with van der Waals surface area (Å²) in [6, 6.07) is 17.7. The largest absolute Gasteiger partial charge is 0.403 e. The Morgan fingerprint density at radius 1 is 1.05 bits per heavy atom. The molecule has 0 radical (unpaired) electrons. The van der Waals surface area contributed by atoms with Gasteiger partial charge in [0.25, 0.3) is 11.8 Å². The number of anilines is 2. The molecule has 1 saturated carbocycles. The molecule has 1 saturated heterocycles. The highest BCUT2D eigenvalue weighted by Crippen LogP contribution is 2.26. The first-order chi connectivity index (χ1) is 19.2. The molecular formula is C28H30N8O3. The van der Waals surface area contributed by atoms with Crippen molar-refractivity contribution in [1.82, 2.24) is 20.4 Å². The molecule has 2 aromatic carbocycles.